The van der Waals surface area contributed by atoms with Crippen LogP contribution >= 0.6 is 0 Å². The van der Waals surface area contributed by atoms with Gasteiger partial charge in [0.1, 0.15) is 11.6 Å². The van der Waals surface area contributed by atoms with Crippen LogP contribution in [-0.4, -0.2) is 75.1 Å². The lowest BCUT2D eigenvalue weighted by atomic mass is 10.0. The van der Waals surface area contributed by atoms with Crippen LogP contribution in [0, 0.1) is 0 Å². The Bertz CT molecular complexity index is 1740. The number of nitrogens with one attached hydrogen (secondary N) is 2. The van der Waals surface area contributed by atoms with Gasteiger partial charge in [0.05, 0.1) is 30.6 Å². The van der Waals surface area contributed by atoms with Crippen LogP contribution in [-0.2, 0) is 25.7 Å². The third-order valence-electron chi connectivity index (χ3n) is 8.19. The van der Waals surface area contributed by atoms with Gasteiger partial charge in [-0.2, -0.15) is 0 Å². The molecule has 12 nitrogen and oxygen atoms in total. The van der Waals surface area contributed by atoms with Crippen molar-refractivity contribution in [1.29, 1.82) is 0 Å². The van der Waals surface area contributed by atoms with E-state index in [0.717, 1.165) is 28.5 Å². The summed E-state index contributed by atoms with van der Waals surface area (Å²) in [6, 6.07) is 16.0. The number of ether oxygens (including phenoxy) is 1. The normalized spacial score (nSPS) is 12.7. The third kappa shape index (κ3) is 11.7. The number of benzene rings is 2. The summed E-state index contributed by atoms with van der Waals surface area (Å²) < 4.78 is 37.8. The molecule has 14 heteroatoms. The van der Waals surface area contributed by atoms with E-state index < -0.39 is 36.4 Å². The molecule has 3 amide bonds. The van der Waals surface area contributed by atoms with Crippen LogP contribution < -0.4 is 14.8 Å². The second-order valence-corrected chi connectivity index (χ2v) is 20.3. The fourth-order valence-electron chi connectivity index (χ4n) is 4.65. The Morgan fingerprint density at radius 1 is 1.00 bits per heavy atom. The predicted octanol–water partition coefficient (Wildman–Crippen LogP) is 6.47. The number of hydrogen-bond donors (Lipinski definition) is 3. The number of rotatable bonds is 14. The van der Waals surface area contributed by atoms with Gasteiger partial charge in [-0.05, 0) is 78.9 Å². The molecule has 0 spiro atoms. The first kappa shape index (κ1) is 39.2. The van der Waals surface area contributed by atoms with E-state index in [0.29, 0.717) is 12.2 Å². The molecular weight excluding hydrogens is 665 g/mol. The zero-order valence-electron chi connectivity index (χ0n) is 29.7. The topological polar surface area (TPSA) is 164 Å². The van der Waals surface area contributed by atoms with Gasteiger partial charge in [-0.15, -0.1) is 0 Å². The van der Waals surface area contributed by atoms with Gasteiger partial charge in [-0.25, -0.2) is 22.9 Å². The molecule has 266 valence electrons. The van der Waals surface area contributed by atoms with Gasteiger partial charge in [0.15, 0.2) is 8.32 Å². The molecule has 1 heterocycles. The Morgan fingerprint density at radius 2 is 1.63 bits per heavy atom. The molecule has 0 bridgehead atoms. The van der Waals surface area contributed by atoms with E-state index in [2.05, 4.69) is 44.2 Å². The molecular formula is C35H48N4O8SSi. The molecule has 0 aliphatic rings. The summed E-state index contributed by atoms with van der Waals surface area (Å²) in [6.07, 6.45) is 1.08. The fourth-order valence-corrected chi connectivity index (χ4v) is 6.37. The first-order valence-corrected chi connectivity index (χ1v) is 20.8. The Balaban J connectivity index is 1.81. The Morgan fingerprint density at radius 3 is 2.14 bits per heavy atom. The second-order valence-electron chi connectivity index (χ2n) is 13.8. The molecule has 2 aromatic carbocycles. The van der Waals surface area contributed by atoms with E-state index in [4.69, 9.17) is 9.16 Å². The third-order valence-corrected chi connectivity index (χ3v) is 13.2. The van der Waals surface area contributed by atoms with E-state index in [9.17, 15) is 27.9 Å². The first-order chi connectivity index (χ1) is 22.6. The highest BCUT2D eigenvalue weighted by Crippen LogP contribution is 2.40. The minimum Gasteiger partial charge on any atom is -0.490 e. The van der Waals surface area contributed by atoms with E-state index in [1.54, 1.807) is 30.5 Å². The monoisotopic (exact) mass is 712 g/mol. The summed E-state index contributed by atoms with van der Waals surface area (Å²) in [5, 5.41) is 12.7. The van der Waals surface area contributed by atoms with Crippen molar-refractivity contribution in [3.8, 4) is 16.9 Å². The number of hydrogen-bond acceptors (Lipinski definition) is 8. The van der Waals surface area contributed by atoms with Crippen LogP contribution in [0.15, 0.2) is 60.8 Å². The maximum absolute atomic E-state index is 12.6. The number of nitrogens with zero attached hydrogens (tertiary/aromatic N) is 2. The first-order valence-electron chi connectivity index (χ1n) is 16.0. The predicted molar refractivity (Wildman–Crippen MR) is 193 cm³/mol. The summed E-state index contributed by atoms with van der Waals surface area (Å²) in [6.45, 7) is 15.9. The second kappa shape index (κ2) is 16.0. The summed E-state index contributed by atoms with van der Waals surface area (Å²) in [4.78, 5) is 42.2. The van der Waals surface area contributed by atoms with Crippen molar-refractivity contribution in [3.05, 3.63) is 77.5 Å². The fraction of sp³-hybridized carbons (Fsp3) is 0.429. The maximum atomic E-state index is 12.6. The van der Waals surface area contributed by atoms with E-state index in [1.807, 2.05) is 42.8 Å². The number of sulfonamides is 1. The van der Waals surface area contributed by atoms with Gasteiger partial charge in [-0.1, -0.05) is 57.2 Å². The van der Waals surface area contributed by atoms with Crippen molar-refractivity contribution < 1.29 is 37.1 Å². The minimum atomic E-state index is -3.76. The van der Waals surface area contributed by atoms with Crippen molar-refractivity contribution in [2.75, 3.05) is 24.7 Å². The summed E-state index contributed by atoms with van der Waals surface area (Å²) >= 11 is 0. The molecule has 3 aromatic rings. The number of carboxylic acid groups (broad SMARTS) is 1. The zero-order chi connectivity index (χ0) is 36.7. The summed E-state index contributed by atoms with van der Waals surface area (Å²) in [5.74, 6) is -0.362. The standard InChI is InChI=1S/C35H48N4O8SSi/c1-23(2)46-30-20-27(14-16-29(30)33(41)38-48(7,44)45)26-12-10-25(11-13-26)18-19-39(34(42)43)22-31(47-49(8,9)35(4,5)6)28-15-17-32(36-21-28)37-24(3)40/h10-17,20-21,23,31H,18-19,22H2,1-9H3,(H,38,41)(H,42,43)(H,36,37,40)/t31-/m1/s1. The van der Waals surface area contributed by atoms with Gasteiger partial charge in [0.2, 0.25) is 15.9 Å². The number of carbonyl (C=O) groups is 3. The Hall–Kier alpha value is -4.27. The number of anilines is 1. The van der Waals surface area contributed by atoms with Crippen LogP contribution in [0.25, 0.3) is 11.1 Å². The summed E-state index contributed by atoms with van der Waals surface area (Å²) in [5.41, 5.74) is 3.33. The molecule has 3 N–H and O–H groups in total. The number of amides is 3. The SMILES string of the molecule is CC(=O)Nc1ccc([C@@H](CN(CCc2ccc(-c3ccc(C(=O)NS(C)(=O)=O)c(OC(C)C)c3)cc2)C(=O)O)O[Si](C)(C)C(C)(C)C)cn1. The Kier molecular flexibility index (Phi) is 12.8. The van der Waals surface area contributed by atoms with Gasteiger partial charge < -0.3 is 24.5 Å². The lowest BCUT2D eigenvalue weighted by Crippen LogP contribution is -2.45. The highest BCUT2D eigenvalue weighted by Gasteiger charge is 2.40. The van der Waals surface area contributed by atoms with Crippen LogP contribution in [0.1, 0.15) is 69.1 Å². The molecule has 0 aliphatic heterocycles. The molecule has 49 heavy (non-hydrogen) atoms. The number of aromatic nitrogens is 1. The van der Waals surface area contributed by atoms with Gasteiger partial charge >= 0.3 is 6.09 Å². The van der Waals surface area contributed by atoms with E-state index in [-0.39, 0.29) is 41.5 Å². The lowest BCUT2D eigenvalue weighted by molar-refractivity contribution is -0.114. The van der Waals surface area contributed by atoms with Crippen LogP contribution in [0.2, 0.25) is 18.1 Å². The average Bonchev–Trinajstić information content (AvgIpc) is 2.97. The van der Waals surface area contributed by atoms with Crippen LogP contribution in [0.4, 0.5) is 10.6 Å². The van der Waals surface area contributed by atoms with Gasteiger partial charge in [0.25, 0.3) is 5.91 Å². The quantitative estimate of drug-likeness (QED) is 0.159. The highest BCUT2D eigenvalue weighted by molar-refractivity contribution is 7.89. The molecule has 0 unspecified atom stereocenters. The van der Waals surface area contributed by atoms with Crippen LogP contribution in [0.3, 0.4) is 0 Å². The highest BCUT2D eigenvalue weighted by atomic mass is 32.2. The summed E-state index contributed by atoms with van der Waals surface area (Å²) in [7, 11) is -6.08. The van der Waals surface area contributed by atoms with Crippen LogP contribution in [0.5, 0.6) is 5.75 Å². The van der Waals surface area contributed by atoms with Crippen molar-refractivity contribution in [1.82, 2.24) is 14.6 Å². The number of pyridine rings is 1. The lowest BCUT2D eigenvalue weighted by Gasteiger charge is -2.40. The Labute approximate surface area is 290 Å². The minimum absolute atomic E-state index is 0.0962. The molecule has 1 atom stereocenters. The van der Waals surface area contributed by atoms with Gasteiger partial charge in [0, 0.05) is 19.7 Å². The molecule has 0 radical (unpaired) electrons. The van der Waals surface area contributed by atoms with E-state index >= 15 is 0 Å². The van der Waals surface area contributed by atoms with Crippen molar-refractivity contribution >= 4 is 42.1 Å². The molecule has 0 fully saturated rings. The molecule has 0 saturated heterocycles. The zero-order valence-corrected chi connectivity index (χ0v) is 31.5. The average molecular weight is 713 g/mol. The van der Waals surface area contributed by atoms with Gasteiger partial charge in [-0.3, -0.25) is 9.59 Å². The molecule has 1 aromatic heterocycles. The molecule has 3 rings (SSSR count). The largest absolute Gasteiger partial charge is 0.490 e. The number of carbonyl (C=O) groups excluding carboxylic acids is 2. The maximum Gasteiger partial charge on any atom is 0.407 e. The van der Waals surface area contributed by atoms with Crippen molar-refractivity contribution in [2.24, 2.45) is 0 Å². The van der Waals surface area contributed by atoms with Crippen molar-refractivity contribution in [2.45, 2.75) is 78.3 Å². The molecule has 0 saturated carbocycles. The smallest absolute Gasteiger partial charge is 0.407 e. The van der Waals surface area contributed by atoms with E-state index in [1.165, 1.54) is 17.9 Å². The van der Waals surface area contributed by atoms with Crippen molar-refractivity contribution in [3.63, 3.8) is 0 Å². The molecule has 0 aliphatic carbocycles.